The molecule has 0 radical (unpaired) electrons. The molecule has 27 heavy (non-hydrogen) atoms. The van der Waals surface area contributed by atoms with Crippen LogP contribution in [-0.4, -0.2) is 22.7 Å². The lowest BCUT2D eigenvalue weighted by Gasteiger charge is -2.09. The second-order valence-corrected chi connectivity index (χ2v) is 7.49. The molecule has 0 atom stereocenters. The molecule has 0 aliphatic heterocycles. The van der Waals surface area contributed by atoms with E-state index in [-0.39, 0.29) is 11.6 Å². The summed E-state index contributed by atoms with van der Waals surface area (Å²) in [5, 5.41) is 19.3. The number of azo groups is 1. The molecule has 6 nitrogen and oxygen atoms in total. The first-order valence-electron chi connectivity index (χ1n) is 8.51. The van der Waals surface area contributed by atoms with E-state index < -0.39 is 5.91 Å². The Bertz CT molecular complexity index is 1010. The van der Waals surface area contributed by atoms with Crippen LogP contribution < -0.4 is 4.74 Å². The van der Waals surface area contributed by atoms with Crippen molar-refractivity contribution in [1.29, 1.82) is 0 Å². The maximum Gasteiger partial charge on any atom is 0.295 e. The van der Waals surface area contributed by atoms with Gasteiger partial charge in [-0.25, -0.2) is 0 Å². The van der Waals surface area contributed by atoms with Crippen LogP contribution in [0.25, 0.3) is 10.9 Å². The van der Waals surface area contributed by atoms with Crippen molar-refractivity contribution in [2.24, 2.45) is 16.1 Å². The molecule has 0 spiro atoms. The molecule has 7 heteroatoms. The van der Waals surface area contributed by atoms with Crippen LogP contribution in [0, 0.1) is 5.92 Å². The molecule has 2 aromatic carbocycles. The van der Waals surface area contributed by atoms with Gasteiger partial charge in [-0.05, 0) is 48.4 Å². The minimum Gasteiger partial charge on any atom is -0.497 e. The maximum atomic E-state index is 12.3. The average Bonchev–Trinajstić information content (AvgIpc) is 2.90. The zero-order chi connectivity index (χ0) is 19.6. The molecular weight excluding hydrogens is 410 g/mol. The van der Waals surface area contributed by atoms with Gasteiger partial charge in [0, 0.05) is 22.0 Å². The van der Waals surface area contributed by atoms with Gasteiger partial charge in [0.2, 0.25) is 5.88 Å². The summed E-state index contributed by atoms with van der Waals surface area (Å²) >= 11 is 3.33. The Hall–Kier alpha value is -2.67. The number of hydrogen-bond donors (Lipinski definition) is 1. The van der Waals surface area contributed by atoms with Crippen LogP contribution in [0.3, 0.4) is 0 Å². The number of ether oxygens (including phenoxy) is 1. The van der Waals surface area contributed by atoms with Gasteiger partial charge in [0.05, 0.1) is 12.6 Å². The highest BCUT2D eigenvalue weighted by molar-refractivity contribution is 9.10. The Morgan fingerprint density at radius 3 is 2.56 bits per heavy atom. The van der Waals surface area contributed by atoms with E-state index in [2.05, 4.69) is 40.0 Å². The molecule has 1 amide bonds. The van der Waals surface area contributed by atoms with E-state index in [1.807, 2.05) is 12.1 Å². The molecule has 1 heterocycles. The number of aromatic nitrogens is 1. The minimum atomic E-state index is -0.477. The summed E-state index contributed by atoms with van der Waals surface area (Å²) < 4.78 is 7.93. The van der Waals surface area contributed by atoms with Crippen LogP contribution in [0.15, 0.2) is 57.2 Å². The van der Waals surface area contributed by atoms with E-state index >= 15 is 0 Å². The summed E-state index contributed by atoms with van der Waals surface area (Å²) in [5.74, 6) is 0.469. The van der Waals surface area contributed by atoms with Gasteiger partial charge >= 0.3 is 0 Å². The first-order valence-corrected chi connectivity index (χ1v) is 9.31. The summed E-state index contributed by atoms with van der Waals surface area (Å²) in [7, 11) is 1.57. The van der Waals surface area contributed by atoms with Crippen LogP contribution in [-0.2, 0) is 6.54 Å². The first kappa shape index (κ1) is 19.1. The molecule has 140 valence electrons. The van der Waals surface area contributed by atoms with Crippen molar-refractivity contribution in [3.63, 3.8) is 0 Å². The molecule has 1 N–H and O–H groups in total. The Morgan fingerprint density at radius 2 is 1.93 bits per heavy atom. The number of hydrogen-bond acceptors (Lipinski definition) is 4. The first-order chi connectivity index (χ1) is 12.9. The number of benzene rings is 2. The van der Waals surface area contributed by atoms with Crippen LogP contribution in [0.2, 0.25) is 0 Å². The molecule has 3 rings (SSSR count). The van der Waals surface area contributed by atoms with E-state index in [9.17, 15) is 9.90 Å². The lowest BCUT2D eigenvalue weighted by Crippen LogP contribution is -2.03. The number of carbonyl (C=O) groups is 1. The number of methoxy groups -OCH3 is 1. The van der Waals surface area contributed by atoms with Gasteiger partial charge in [-0.2, -0.15) is 0 Å². The van der Waals surface area contributed by atoms with Crippen molar-refractivity contribution >= 4 is 38.4 Å². The summed E-state index contributed by atoms with van der Waals surface area (Å²) in [6.45, 7) is 4.74. The number of rotatable bonds is 5. The largest absolute Gasteiger partial charge is 0.497 e. The molecule has 0 aliphatic carbocycles. The maximum absolute atomic E-state index is 12.3. The number of carbonyl (C=O) groups excluding carboxylic acids is 1. The Morgan fingerprint density at radius 1 is 1.22 bits per heavy atom. The van der Waals surface area contributed by atoms with Crippen molar-refractivity contribution in [2.45, 2.75) is 20.4 Å². The fraction of sp³-hybridized carbons (Fsp3) is 0.250. The number of nitrogens with zero attached hydrogens (tertiary/aromatic N) is 3. The third kappa shape index (κ3) is 4.03. The number of halogens is 1. The number of amides is 1. The minimum absolute atomic E-state index is 0.0145. The normalized spacial score (nSPS) is 11.6. The van der Waals surface area contributed by atoms with Crippen LogP contribution in [0.5, 0.6) is 11.6 Å². The van der Waals surface area contributed by atoms with E-state index in [0.29, 0.717) is 29.2 Å². The molecular formula is C20H20BrN3O3. The van der Waals surface area contributed by atoms with Crippen molar-refractivity contribution in [3.05, 3.63) is 52.5 Å². The second-order valence-electron chi connectivity index (χ2n) is 6.57. The number of aromatic hydroxyl groups is 1. The lowest BCUT2D eigenvalue weighted by molar-refractivity contribution is 0.0995. The van der Waals surface area contributed by atoms with Gasteiger partial charge in [0.1, 0.15) is 5.75 Å². The molecule has 0 bridgehead atoms. The Kier molecular flexibility index (Phi) is 5.60. The van der Waals surface area contributed by atoms with Crippen molar-refractivity contribution in [3.8, 4) is 11.6 Å². The fourth-order valence-electron chi connectivity index (χ4n) is 2.82. The molecule has 1 aromatic heterocycles. The monoisotopic (exact) mass is 429 g/mol. The van der Waals surface area contributed by atoms with Crippen LogP contribution in [0.1, 0.15) is 24.2 Å². The number of fused-ring (bicyclic) bond motifs is 1. The Balaban J connectivity index is 2.05. The van der Waals surface area contributed by atoms with Gasteiger partial charge < -0.3 is 14.4 Å². The Labute approximate surface area is 165 Å². The fourth-order valence-corrected chi connectivity index (χ4v) is 3.09. The van der Waals surface area contributed by atoms with Gasteiger partial charge in [0.25, 0.3) is 5.91 Å². The quantitative estimate of drug-likeness (QED) is 0.528. The van der Waals surface area contributed by atoms with E-state index in [1.165, 1.54) is 0 Å². The molecule has 0 saturated heterocycles. The highest BCUT2D eigenvalue weighted by atomic mass is 79.9. The highest BCUT2D eigenvalue weighted by Crippen LogP contribution is 2.41. The smallest absolute Gasteiger partial charge is 0.295 e. The molecule has 0 aliphatic rings. The summed E-state index contributed by atoms with van der Waals surface area (Å²) in [6, 6.07) is 12.3. The van der Waals surface area contributed by atoms with Crippen LogP contribution in [0.4, 0.5) is 5.69 Å². The van der Waals surface area contributed by atoms with Crippen molar-refractivity contribution in [1.82, 2.24) is 4.57 Å². The molecule has 0 saturated carbocycles. The lowest BCUT2D eigenvalue weighted by atomic mass is 10.2. The average molecular weight is 430 g/mol. The topological polar surface area (TPSA) is 76.2 Å². The van der Waals surface area contributed by atoms with Gasteiger partial charge in [-0.1, -0.05) is 29.8 Å². The molecule has 0 unspecified atom stereocenters. The van der Waals surface area contributed by atoms with E-state index in [1.54, 1.807) is 42.0 Å². The standard InChI is InChI=1S/C20H20BrN3O3/c1-12(2)11-24-17-9-8-15(27-3)10-16(17)18(20(24)26)22-23-19(25)13-4-6-14(21)7-5-13/h4-10,12,26H,11H2,1-3H3. The second kappa shape index (κ2) is 7.92. The summed E-state index contributed by atoms with van der Waals surface area (Å²) in [6.07, 6.45) is 0. The predicted octanol–water partition coefficient (Wildman–Crippen LogP) is 5.70. The zero-order valence-electron chi connectivity index (χ0n) is 15.3. The highest BCUT2D eigenvalue weighted by Gasteiger charge is 2.18. The molecule has 0 fully saturated rings. The van der Waals surface area contributed by atoms with E-state index in [4.69, 9.17) is 4.74 Å². The molecule has 3 aromatic rings. The third-order valence-electron chi connectivity index (χ3n) is 4.10. The van der Waals surface area contributed by atoms with E-state index in [0.717, 1.165) is 9.99 Å². The van der Waals surface area contributed by atoms with Gasteiger partial charge in [-0.15, -0.1) is 10.2 Å². The van der Waals surface area contributed by atoms with Gasteiger partial charge in [-0.3, -0.25) is 4.79 Å². The van der Waals surface area contributed by atoms with Crippen LogP contribution >= 0.6 is 15.9 Å². The SMILES string of the molecule is COc1ccc2c(c1)c(N=NC(=O)c1ccc(Br)cc1)c(O)n2CC(C)C. The third-order valence-corrected chi connectivity index (χ3v) is 4.63. The summed E-state index contributed by atoms with van der Waals surface area (Å²) in [4.78, 5) is 12.3. The van der Waals surface area contributed by atoms with Crippen molar-refractivity contribution < 1.29 is 14.6 Å². The zero-order valence-corrected chi connectivity index (χ0v) is 16.9. The summed E-state index contributed by atoms with van der Waals surface area (Å²) in [5.41, 5.74) is 1.49. The van der Waals surface area contributed by atoms with Crippen molar-refractivity contribution in [2.75, 3.05) is 7.11 Å². The van der Waals surface area contributed by atoms with Gasteiger partial charge in [0.15, 0.2) is 5.69 Å². The predicted molar refractivity (Wildman–Crippen MR) is 108 cm³/mol.